The lowest BCUT2D eigenvalue weighted by atomic mass is 9.98. The Labute approximate surface area is 84.1 Å². The molecule has 0 unspecified atom stereocenters. The third-order valence-electron chi connectivity index (χ3n) is 3.27. The number of ether oxygens (including phenoxy) is 1. The van der Waals surface area contributed by atoms with Gasteiger partial charge in [0, 0.05) is 17.5 Å². The van der Waals surface area contributed by atoms with E-state index in [0.717, 1.165) is 25.2 Å². The van der Waals surface area contributed by atoms with E-state index in [4.69, 9.17) is 10.5 Å². The predicted molar refractivity (Wildman–Crippen MR) is 55.5 cm³/mol. The van der Waals surface area contributed by atoms with Gasteiger partial charge in [0.25, 0.3) is 0 Å². The van der Waals surface area contributed by atoms with Crippen molar-refractivity contribution in [1.29, 1.82) is 0 Å². The zero-order valence-corrected chi connectivity index (χ0v) is 8.25. The maximum Gasteiger partial charge on any atom is 0.122 e. The van der Waals surface area contributed by atoms with Gasteiger partial charge < -0.3 is 10.5 Å². The molecule has 2 heteroatoms. The molecule has 3 rings (SSSR count). The second-order valence-electron chi connectivity index (χ2n) is 4.53. The number of nitrogens with two attached hydrogens (primary N) is 1. The van der Waals surface area contributed by atoms with Crippen LogP contribution in [0.1, 0.15) is 24.0 Å². The molecule has 2 nitrogen and oxygen atoms in total. The molecule has 74 valence electrons. The molecule has 0 saturated heterocycles. The van der Waals surface area contributed by atoms with Crippen LogP contribution in [0.3, 0.4) is 0 Å². The molecule has 0 bridgehead atoms. The normalized spacial score (nSPS) is 21.5. The van der Waals surface area contributed by atoms with Gasteiger partial charge in [-0.25, -0.2) is 0 Å². The van der Waals surface area contributed by atoms with Crippen molar-refractivity contribution in [2.75, 3.05) is 6.61 Å². The van der Waals surface area contributed by atoms with E-state index in [2.05, 4.69) is 18.2 Å². The average molecular weight is 189 g/mol. The Balaban J connectivity index is 1.94. The second kappa shape index (κ2) is 2.74. The van der Waals surface area contributed by atoms with Crippen LogP contribution < -0.4 is 10.5 Å². The summed E-state index contributed by atoms with van der Waals surface area (Å²) in [6.45, 7) is 0.837. The van der Waals surface area contributed by atoms with Crippen molar-refractivity contribution in [2.24, 2.45) is 5.73 Å². The Kier molecular flexibility index (Phi) is 1.62. The summed E-state index contributed by atoms with van der Waals surface area (Å²) in [5, 5.41) is 0. The molecule has 2 aliphatic rings. The number of rotatable bonds is 2. The summed E-state index contributed by atoms with van der Waals surface area (Å²) in [5.41, 5.74) is 9.04. The van der Waals surface area contributed by atoms with Crippen LogP contribution in [0.15, 0.2) is 18.2 Å². The smallest absolute Gasteiger partial charge is 0.122 e. The first-order valence-electron chi connectivity index (χ1n) is 5.29. The van der Waals surface area contributed by atoms with Gasteiger partial charge in [-0.1, -0.05) is 12.1 Å². The monoisotopic (exact) mass is 189 g/mol. The Bertz CT molecular complexity index is 369. The van der Waals surface area contributed by atoms with Gasteiger partial charge in [-0.15, -0.1) is 0 Å². The van der Waals surface area contributed by atoms with Crippen LogP contribution in [0.4, 0.5) is 0 Å². The maximum absolute atomic E-state index is 6.13. The highest BCUT2D eigenvalue weighted by Crippen LogP contribution is 2.38. The van der Waals surface area contributed by atoms with Gasteiger partial charge >= 0.3 is 0 Å². The SMILES string of the molecule is NC1(Cc2cccc3c2CCO3)CC1. The fraction of sp³-hybridized carbons (Fsp3) is 0.500. The van der Waals surface area contributed by atoms with E-state index in [-0.39, 0.29) is 5.54 Å². The summed E-state index contributed by atoms with van der Waals surface area (Å²) in [7, 11) is 0. The van der Waals surface area contributed by atoms with E-state index in [1.54, 1.807) is 0 Å². The largest absolute Gasteiger partial charge is 0.493 e. The molecule has 0 atom stereocenters. The van der Waals surface area contributed by atoms with E-state index in [1.807, 2.05) is 0 Å². The molecule has 1 aromatic carbocycles. The summed E-state index contributed by atoms with van der Waals surface area (Å²) in [4.78, 5) is 0. The zero-order chi connectivity index (χ0) is 9.60. The second-order valence-corrected chi connectivity index (χ2v) is 4.53. The Morgan fingerprint density at radius 1 is 1.36 bits per heavy atom. The highest BCUT2D eigenvalue weighted by molar-refractivity contribution is 5.44. The highest BCUT2D eigenvalue weighted by atomic mass is 16.5. The van der Waals surface area contributed by atoms with Crippen molar-refractivity contribution in [3.8, 4) is 5.75 Å². The summed E-state index contributed by atoms with van der Waals surface area (Å²) in [6.07, 6.45) is 4.44. The number of fused-ring (bicyclic) bond motifs is 1. The van der Waals surface area contributed by atoms with E-state index < -0.39 is 0 Å². The average Bonchev–Trinajstić information content (AvgIpc) is 2.73. The van der Waals surface area contributed by atoms with E-state index >= 15 is 0 Å². The Morgan fingerprint density at radius 3 is 3.00 bits per heavy atom. The standard InChI is InChI=1S/C12H15NO/c13-12(5-6-12)8-9-2-1-3-11-10(9)4-7-14-11/h1-3H,4-8,13H2. The molecule has 1 aliphatic heterocycles. The zero-order valence-electron chi connectivity index (χ0n) is 8.25. The molecule has 1 saturated carbocycles. The topological polar surface area (TPSA) is 35.2 Å². The molecule has 0 amide bonds. The third kappa shape index (κ3) is 1.30. The maximum atomic E-state index is 6.13. The van der Waals surface area contributed by atoms with Crippen molar-refractivity contribution < 1.29 is 4.74 Å². The van der Waals surface area contributed by atoms with Crippen LogP contribution in [0, 0.1) is 0 Å². The summed E-state index contributed by atoms with van der Waals surface area (Å²) >= 11 is 0. The van der Waals surface area contributed by atoms with E-state index in [1.165, 1.54) is 24.0 Å². The molecule has 14 heavy (non-hydrogen) atoms. The van der Waals surface area contributed by atoms with Gasteiger partial charge in [-0.05, 0) is 30.9 Å². The summed E-state index contributed by atoms with van der Waals surface area (Å²) < 4.78 is 5.53. The first-order valence-corrected chi connectivity index (χ1v) is 5.29. The fourth-order valence-corrected chi connectivity index (χ4v) is 2.18. The number of hydrogen-bond donors (Lipinski definition) is 1. The van der Waals surface area contributed by atoms with Crippen molar-refractivity contribution in [2.45, 2.75) is 31.2 Å². The van der Waals surface area contributed by atoms with Crippen molar-refractivity contribution in [3.05, 3.63) is 29.3 Å². The van der Waals surface area contributed by atoms with Crippen molar-refractivity contribution in [3.63, 3.8) is 0 Å². The van der Waals surface area contributed by atoms with Crippen LogP contribution in [0.2, 0.25) is 0 Å². The quantitative estimate of drug-likeness (QED) is 0.767. The third-order valence-corrected chi connectivity index (χ3v) is 3.27. The van der Waals surface area contributed by atoms with Gasteiger partial charge in [0.1, 0.15) is 5.75 Å². The number of hydrogen-bond acceptors (Lipinski definition) is 2. The molecule has 1 heterocycles. The minimum absolute atomic E-state index is 0.109. The van der Waals surface area contributed by atoms with Crippen molar-refractivity contribution in [1.82, 2.24) is 0 Å². The van der Waals surface area contributed by atoms with Crippen LogP contribution >= 0.6 is 0 Å². The highest BCUT2D eigenvalue weighted by Gasteiger charge is 2.38. The molecule has 1 aromatic rings. The van der Waals surface area contributed by atoms with Gasteiger partial charge in [-0.3, -0.25) is 0 Å². The van der Waals surface area contributed by atoms with Crippen LogP contribution in [-0.2, 0) is 12.8 Å². The minimum Gasteiger partial charge on any atom is -0.493 e. The molecule has 0 radical (unpaired) electrons. The first kappa shape index (κ1) is 8.30. The molecular weight excluding hydrogens is 174 g/mol. The van der Waals surface area contributed by atoms with E-state index in [0.29, 0.717) is 0 Å². The lowest BCUT2D eigenvalue weighted by Gasteiger charge is -2.11. The first-order chi connectivity index (χ1) is 6.77. The molecule has 0 spiro atoms. The lowest BCUT2D eigenvalue weighted by Crippen LogP contribution is -2.24. The van der Waals surface area contributed by atoms with Crippen LogP contribution in [0.25, 0.3) is 0 Å². The van der Waals surface area contributed by atoms with Gasteiger partial charge in [0.2, 0.25) is 0 Å². The van der Waals surface area contributed by atoms with Crippen molar-refractivity contribution >= 4 is 0 Å². The summed E-state index contributed by atoms with van der Waals surface area (Å²) in [6, 6.07) is 6.33. The minimum atomic E-state index is 0.109. The fourth-order valence-electron chi connectivity index (χ4n) is 2.18. The number of benzene rings is 1. The van der Waals surface area contributed by atoms with Gasteiger partial charge in [0.15, 0.2) is 0 Å². The van der Waals surface area contributed by atoms with E-state index in [9.17, 15) is 0 Å². The molecular formula is C12H15NO. The van der Waals surface area contributed by atoms with Crippen LogP contribution in [-0.4, -0.2) is 12.1 Å². The molecule has 2 N–H and O–H groups in total. The lowest BCUT2D eigenvalue weighted by molar-refractivity contribution is 0.357. The Morgan fingerprint density at radius 2 is 2.21 bits per heavy atom. The van der Waals surface area contributed by atoms with Crippen LogP contribution in [0.5, 0.6) is 5.75 Å². The van der Waals surface area contributed by atoms with Gasteiger partial charge in [-0.2, -0.15) is 0 Å². The van der Waals surface area contributed by atoms with Gasteiger partial charge in [0.05, 0.1) is 6.61 Å². The molecule has 0 aromatic heterocycles. The summed E-state index contributed by atoms with van der Waals surface area (Å²) in [5.74, 6) is 1.08. The molecule has 1 aliphatic carbocycles. The molecule has 1 fully saturated rings. The Hall–Kier alpha value is -1.02. The predicted octanol–water partition coefficient (Wildman–Crippen LogP) is 1.66.